The molecule has 1 saturated heterocycles. The molecular formula is C14H19ClN2OS. The molecule has 0 saturated carbocycles. The zero-order valence-corrected chi connectivity index (χ0v) is 12.9. The fraction of sp³-hybridized carbons (Fsp3) is 0.500. The van der Waals surface area contributed by atoms with E-state index in [2.05, 4.69) is 10.2 Å². The highest BCUT2D eigenvalue weighted by Gasteiger charge is 2.21. The van der Waals surface area contributed by atoms with Crippen molar-refractivity contribution in [1.82, 2.24) is 4.90 Å². The van der Waals surface area contributed by atoms with Gasteiger partial charge in [0.15, 0.2) is 0 Å². The lowest BCUT2D eigenvalue weighted by molar-refractivity contribution is -0.117. The topological polar surface area (TPSA) is 32.3 Å². The van der Waals surface area contributed by atoms with Gasteiger partial charge < -0.3 is 5.32 Å². The van der Waals surface area contributed by atoms with Crippen LogP contribution in [-0.2, 0) is 4.79 Å². The number of rotatable bonds is 4. The van der Waals surface area contributed by atoms with Crippen molar-refractivity contribution in [3.05, 3.63) is 28.8 Å². The highest BCUT2D eigenvalue weighted by Crippen LogP contribution is 2.22. The third kappa shape index (κ3) is 4.13. The number of hydrogen-bond donors (Lipinski definition) is 1. The van der Waals surface area contributed by atoms with Gasteiger partial charge in [0.05, 0.1) is 6.54 Å². The molecule has 1 aromatic rings. The molecule has 3 nitrogen and oxygen atoms in total. The molecule has 19 heavy (non-hydrogen) atoms. The molecular weight excluding hydrogens is 280 g/mol. The molecule has 104 valence electrons. The van der Waals surface area contributed by atoms with Gasteiger partial charge in [0.2, 0.25) is 5.91 Å². The zero-order valence-electron chi connectivity index (χ0n) is 11.3. The summed E-state index contributed by atoms with van der Waals surface area (Å²) in [4.78, 5) is 14.2. The Morgan fingerprint density at radius 2 is 2.37 bits per heavy atom. The number of thioether (sulfide) groups is 1. The number of nitrogens with zero attached hydrogens (tertiary/aromatic N) is 1. The van der Waals surface area contributed by atoms with Crippen LogP contribution in [0.1, 0.15) is 12.0 Å². The molecule has 1 heterocycles. The third-order valence-corrected chi connectivity index (χ3v) is 4.78. The SMILES string of the molecule is Cc1ccc(Cl)cc1NC(=O)CN(C)C1CCSC1. The summed E-state index contributed by atoms with van der Waals surface area (Å²) >= 11 is 7.90. The number of nitrogens with one attached hydrogen (secondary N) is 1. The quantitative estimate of drug-likeness (QED) is 0.927. The number of hydrogen-bond acceptors (Lipinski definition) is 3. The van der Waals surface area contributed by atoms with Gasteiger partial charge in [0.25, 0.3) is 0 Å². The van der Waals surface area contributed by atoms with Gasteiger partial charge in [0.1, 0.15) is 0 Å². The maximum Gasteiger partial charge on any atom is 0.238 e. The Balaban J connectivity index is 1.91. The molecule has 0 spiro atoms. The summed E-state index contributed by atoms with van der Waals surface area (Å²) < 4.78 is 0. The second-order valence-corrected chi connectivity index (χ2v) is 6.53. The van der Waals surface area contributed by atoms with E-state index >= 15 is 0 Å². The first kappa shape index (κ1) is 14.7. The Morgan fingerprint density at radius 1 is 1.58 bits per heavy atom. The number of aryl methyl sites for hydroxylation is 1. The summed E-state index contributed by atoms with van der Waals surface area (Å²) in [5.74, 6) is 2.34. The third-order valence-electron chi connectivity index (χ3n) is 3.40. The molecule has 1 unspecified atom stereocenters. The number of carbonyl (C=O) groups is 1. The van der Waals surface area contributed by atoms with Crippen molar-refractivity contribution in [3.63, 3.8) is 0 Å². The molecule has 1 N–H and O–H groups in total. The summed E-state index contributed by atoms with van der Waals surface area (Å²) in [5.41, 5.74) is 1.82. The van der Waals surface area contributed by atoms with Crippen LogP contribution in [0.25, 0.3) is 0 Å². The van der Waals surface area contributed by atoms with Crippen LogP contribution in [-0.4, -0.2) is 41.9 Å². The molecule has 0 aliphatic carbocycles. The molecule has 1 amide bonds. The van der Waals surface area contributed by atoms with Crippen LogP contribution in [0.4, 0.5) is 5.69 Å². The molecule has 1 fully saturated rings. The summed E-state index contributed by atoms with van der Waals surface area (Å²) in [7, 11) is 2.01. The van der Waals surface area contributed by atoms with Crippen molar-refractivity contribution < 1.29 is 4.79 Å². The van der Waals surface area contributed by atoms with Crippen LogP contribution in [0, 0.1) is 6.92 Å². The van der Waals surface area contributed by atoms with Gasteiger partial charge in [-0.3, -0.25) is 9.69 Å². The van der Waals surface area contributed by atoms with Crippen molar-refractivity contribution in [3.8, 4) is 0 Å². The molecule has 2 rings (SSSR count). The predicted molar refractivity (Wildman–Crippen MR) is 83.2 cm³/mol. The Bertz CT molecular complexity index is 461. The molecule has 1 atom stereocenters. The molecule has 0 radical (unpaired) electrons. The van der Waals surface area contributed by atoms with Crippen molar-refractivity contribution in [2.75, 3.05) is 30.4 Å². The van der Waals surface area contributed by atoms with Crippen molar-refractivity contribution in [2.45, 2.75) is 19.4 Å². The van der Waals surface area contributed by atoms with Crippen LogP contribution in [0.2, 0.25) is 5.02 Å². The highest BCUT2D eigenvalue weighted by molar-refractivity contribution is 7.99. The average molecular weight is 299 g/mol. The van der Waals surface area contributed by atoms with Gasteiger partial charge in [-0.1, -0.05) is 17.7 Å². The second kappa shape index (κ2) is 6.64. The largest absolute Gasteiger partial charge is 0.325 e. The maximum absolute atomic E-state index is 12.0. The van der Waals surface area contributed by atoms with Crippen LogP contribution < -0.4 is 5.32 Å². The Hall–Kier alpha value is -0.710. The zero-order chi connectivity index (χ0) is 13.8. The monoisotopic (exact) mass is 298 g/mol. The smallest absolute Gasteiger partial charge is 0.238 e. The van der Waals surface area contributed by atoms with E-state index in [0.717, 1.165) is 17.0 Å². The van der Waals surface area contributed by atoms with Gasteiger partial charge >= 0.3 is 0 Å². The van der Waals surface area contributed by atoms with Crippen LogP contribution >= 0.6 is 23.4 Å². The first-order valence-electron chi connectivity index (χ1n) is 6.40. The number of likely N-dealkylation sites (N-methyl/N-ethyl adjacent to an activating group) is 1. The molecule has 0 aromatic heterocycles. The van der Waals surface area contributed by atoms with Crippen molar-refractivity contribution in [2.24, 2.45) is 0 Å². The Morgan fingerprint density at radius 3 is 3.05 bits per heavy atom. The maximum atomic E-state index is 12.0. The summed E-state index contributed by atoms with van der Waals surface area (Å²) in [5, 5.41) is 3.57. The normalized spacial score (nSPS) is 18.8. The number of amides is 1. The summed E-state index contributed by atoms with van der Waals surface area (Å²) in [6, 6.07) is 6.06. The molecule has 1 aliphatic rings. The minimum Gasteiger partial charge on any atom is -0.325 e. The molecule has 0 bridgehead atoms. The van der Waals surface area contributed by atoms with Crippen LogP contribution in [0.15, 0.2) is 18.2 Å². The van der Waals surface area contributed by atoms with Gasteiger partial charge in [-0.2, -0.15) is 11.8 Å². The average Bonchev–Trinajstić information content (AvgIpc) is 2.87. The number of benzene rings is 1. The van der Waals surface area contributed by atoms with Gasteiger partial charge in [-0.05, 0) is 43.8 Å². The van der Waals surface area contributed by atoms with Gasteiger partial charge in [-0.25, -0.2) is 0 Å². The van der Waals surface area contributed by atoms with Gasteiger partial charge in [0, 0.05) is 22.5 Å². The lowest BCUT2D eigenvalue weighted by Gasteiger charge is -2.22. The van der Waals surface area contributed by atoms with Crippen LogP contribution in [0.3, 0.4) is 0 Å². The minimum atomic E-state index is 0.0183. The molecule has 5 heteroatoms. The lowest BCUT2D eigenvalue weighted by Crippen LogP contribution is -2.38. The fourth-order valence-corrected chi connectivity index (χ4v) is 3.61. The van der Waals surface area contributed by atoms with E-state index in [1.54, 1.807) is 6.07 Å². The summed E-state index contributed by atoms with van der Waals surface area (Å²) in [6.45, 7) is 2.39. The van der Waals surface area contributed by atoms with Gasteiger partial charge in [-0.15, -0.1) is 0 Å². The van der Waals surface area contributed by atoms with E-state index in [1.165, 1.54) is 12.2 Å². The number of anilines is 1. The Kier molecular flexibility index (Phi) is 5.13. The second-order valence-electron chi connectivity index (χ2n) is 4.94. The number of halogens is 1. The summed E-state index contributed by atoms with van der Waals surface area (Å²) in [6.07, 6.45) is 1.17. The Labute approximate surface area is 123 Å². The molecule has 1 aliphatic heterocycles. The van der Waals surface area contributed by atoms with E-state index in [0.29, 0.717) is 17.6 Å². The van der Waals surface area contributed by atoms with E-state index in [9.17, 15) is 4.79 Å². The van der Waals surface area contributed by atoms with Crippen molar-refractivity contribution >= 4 is 35.0 Å². The molecule has 1 aromatic carbocycles. The first-order valence-corrected chi connectivity index (χ1v) is 7.93. The van der Waals surface area contributed by atoms with Crippen LogP contribution in [0.5, 0.6) is 0 Å². The van der Waals surface area contributed by atoms with Crippen molar-refractivity contribution in [1.29, 1.82) is 0 Å². The standard InChI is InChI=1S/C14H19ClN2OS/c1-10-3-4-11(15)7-13(10)16-14(18)8-17(2)12-5-6-19-9-12/h3-4,7,12H,5-6,8-9H2,1-2H3,(H,16,18). The van der Waals surface area contributed by atoms with E-state index < -0.39 is 0 Å². The minimum absolute atomic E-state index is 0.0183. The first-order chi connectivity index (χ1) is 9.06. The lowest BCUT2D eigenvalue weighted by atomic mass is 10.2. The van der Waals surface area contributed by atoms with E-state index in [-0.39, 0.29) is 5.91 Å². The number of carbonyl (C=O) groups excluding carboxylic acids is 1. The predicted octanol–water partition coefficient (Wildman–Crippen LogP) is 3.02. The van der Waals surface area contributed by atoms with E-state index in [1.807, 2.05) is 37.9 Å². The highest BCUT2D eigenvalue weighted by atomic mass is 35.5. The fourth-order valence-electron chi connectivity index (χ4n) is 2.14. The van der Waals surface area contributed by atoms with E-state index in [4.69, 9.17) is 11.6 Å².